The van der Waals surface area contributed by atoms with Crippen LogP contribution >= 0.6 is 0 Å². The van der Waals surface area contributed by atoms with E-state index in [2.05, 4.69) is 4.98 Å². The van der Waals surface area contributed by atoms with Crippen LogP contribution in [-0.4, -0.2) is 32.5 Å². The van der Waals surface area contributed by atoms with Crippen molar-refractivity contribution in [2.75, 3.05) is 7.11 Å². The molecule has 7 nitrogen and oxygen atoms in total. The van der Waals surface area contributed by atoms with E-state index in [1.165, 1.54) is 32.4 Å². The molecule has 1 aromatic heterocycles. The number of nitrogens with zero attached hydrogens (tertiary/aromatic N) is 1. The summed E-state index contributed by atoms with van der Waals surface area (Å²) in [5.74, 6) is 0.297. The van der Waals surface area contributed by atoms with Crippen LogP contribution in [0.5, 0.6) is 11.5 Å². The van der Waals surface area contributed by atoms with Crippen LogP contribution in [0, 0.1) is 0 Å². The molecule has 1 amide bonds. The van der Waals surface area contributed by atoms with E-state index in [0.29, 0.717) is 11.5 Å². The summed E-state index contributed by atoms with van der Waals surface area (Å²) in [4.78, 5) is 15.6. The Morgan fingerprint density at radius 1 is 1.17 bits per heavy atom. The summed E-state index contributed by atoms with van der Waals surface area (Å²) in [7, 11) is -2.43. The molecule has 1 aromatic carbocycles. The number of nitrogens with one attached hydrogen (secondary N) is 1. The van der Waals surface area contributed by atoms with Gasteiger partial charge in [0.05, 0.1) is 7.11 Å². The largest absolute Gasteiger partial charge is 0.497 e. The van der Waals surface area contributed by atoms with E-state index < -0.39 is 22.0 Å². The van der Waals surface area contributed by atoms with E-state index in [1.54, 1.807) is 24.3 Å². The molecule has 0 fully saturated rings. The SMILES string of the molecule is COc1ccc(O[C@@H](C)C(=O)NS(=O)(=O)c2cccnc2)cc1. The van der Waals surface area contributed by atoms with Crippen LogP contribution < -0.4 is 14.2 Å². The average molecular weight is 336 g/mol. The average Bonchev–Trinajstić information content (AvgIpc) is 2.56. The number of carbonyl (C=O) groups is 1. The topological polar surface area (TPSA) is 94.6 Å². The van der Waals surface area contributed by atoms with Gasteiger partial charge in [-0.25, -0.2) is 13.1 Å². The first kappa shape index (κ1) is 16.8. The van der Waals surface area contributed by atoms with E-state index >= 15 is 0 Å². The zero-order valence-corrected chi connectivity index (χ0v) is 13.4. The van der Waals surface area contributed by atoms with Crippen LogP contribution in [0.15, 0.2) is 53.7 Å². The van der Waals surface area contributed by atoms with E-state index in [9.17, 15) is 13.2 Å². The fourth-order valence-electron chi connectivity index (χ4n) is 1.69. The van der Waals surface area contributed by atoms with Gasteiger partial charge in [-0.15, -0.1) is 0 Å². The Bertz CT molecular complexity index is 760. The van der Waals surface area contributed by atoms with E-state index in [4.69, 9.17) is 9.47 Å². The molecule has 0 aliphatic carbocycles. The maximum atomic E-state index is 12.0. The van der Waals surface area contributed by atoms with Gasteiger partial charge in [0.15, 0.2) is 6.10 Å². The van der Waals surface area contributed by atoms with Crippen molar-refractivity contribution in [3.63, 3.8) is 0 Å². The number of hydrogen-bond donors (Lipinski definition) is 1. The lowest BCUT2D eigenvalue weighted by atomic mass is 10.3. The normalized spacial score (nSPS) is 12.3. The van der Waals surface area contributed by atoms with Crippen molar-refractivity contribution in [2.24, 2.45) is 0 Å². The second-order valence-corrected chi connectivity index (χ2v) is 6.28. The smallest absolute Gasteiger partial charge is 0.274 e. The van der Waals surface area contributed by atoms with E-state index in [0.717, 1.165) is 6.20 Å². The molecule has 2 aromatic rings. The summed E-state index contributed by atoms with van der Waals surface area (Å²) in [6.07, 6.45) is 1.61. The lowest BCUT2D eigenvalue weighted by Gasteiger charge is -2.15. The first-order valence-electron chi connectivity index (χ1n) is 6.70. The summed E-state index contributed by atoms with van der Waals surface area (Å²) in [5.41, 5.74) is 0. The Morgan fingerprint density at radius 3 is 2.39 bits per heavy atom. The third-order valence-corrected chi connectivity index (χ3v) is 4.25. The van der Waals surface area contributed by atoms with Crippen molar-refractivity contribution >= 4 is 15.9 Å². The van der Waals surface area contributed by atoms with Gasteiger partial charge in [-0.3, -0.25) is 9.78 Å². The number of rotatable bonds is 6. The van der Waals surface area contributed by atoms with Crippen LogP contribution in [0.4, 0.5) is 0 Å². The molecule has 1 atom stereocenters. The molecule has 0 unspecified atom stereocenters. The number of amides is 1. The summed E-state index contributed by atoms with van der Waals surface area (Å²) >= 11 is 0. The molecule has 23 heavy (non-hydrogen) atoms. The third-order valence-electron chi connectivity index (χ3n) is 2.92. The number of ether oxygens (including phenoxy) is 2. The zero-order valence-electron chi connectivity index (χ0n) is 12.6. The summed E-state index contributed by atoms with van der Waals surface area (Å²) in [6.45, 7) is 1.46. The van der Waals surface area contributed by atoms with Gasteiger partial charge in [0.25, 0.3) is 15.9 Å². The minimum absolute atomic E-state index is 0.0926. The maximum Gasteiger partial charge on any atom is 0.274 e. The molecule has 1 heterocycles. The van der Waals surface area contributed by atoms with Crippen LogP contribution in [0.2, 0.25) is 0 Å². The first-order valence-corrected chi connectivity index (χ1v) is 8.18. The fourth-order valence-corrected chi connectivity index (χ4v) is 2.70. The molecule has 1 N–H and O–H groups in total. The van der Waals surface area contributed by atoms with Gasteiger partial charge in [0, 0.05) is 12.4 Å². The summed E-state index contributed by atoms with van der Waals surface area (Å²) in [5, 5.41) is 0. The Balaban J connectivity index is 2.02. The van der Waals surface area contributed by atoms with Gasteiger partial charge in [0.2, 0.25) is 0 Å². The number of carbonyl (C=O) groups excluding carboxylic acids is 1. The van der Waals surface area contributed by atoms with Gasteiger partial charge < -0.3 is 9.47 Å². The van der Waals surface area contributed by atoms with Crippen molar-refractivity contribution in [2.45, 2.75) is 17.9 Å². The standard InChI is InChI=1S/C15H16N2O5S/c1-11(22-13-7-5-12(21-2)6-8-13)15(18)17-23(19,20)14-4-3-9-16-10-14/h3-11H,1-2H3,(H,17,18)/t11-/m0/s1. The maximum absolute atomic E-state index is 12.0. The second-order valence-electron chi connectivity index (χ2n) is 4.59. The molecular formula is C15H16N2O5S. The molecule has 0 radical (unpaired) electrons. The Kier molecular flexibility index (Phi) is 5.17. The lowest BCUT2D eigenvalue weighted by Crippen LogP contribution is -2.40. The Labute approximate surface area is 134 Å². The molecule has 0 saturated heterocycles. The van der Waals surface area contributed by atoms with Crippen LogP contribution in [0.1, 0.15) is 6.92 Å². The second kappa shape index (κ2) is 7.10. The highest BCUT2D eigenvalue weighted by atomic mass is 32.2. The minimum Gasteiger partial charge on any atom is -0.497 e. The summed E-state index contributed by atoms with van der Waals surface area (Å²) < 4.78 is 36.5. The van der Waals surface area contributed by atoms with Crippen molar-refractivity contribution in [1.29, 1.82) is 0 Å². The Hall–Kier alpha value is -2.61. The predicted molar refractivity (Wildman–Crippen MR) is 82.6 cm³/mol. The van der Waals surface area contributed by atoms with Crippen molar-refractivity contribution in [3.05, 3.63) is 48.8 Å². The molecule has 0 saturated carbocycles. The monoisotopic (exact) mass is 336 g/mol. The number of methoxy groups -OCH3 is 1. The highest BCUT2D eigenvalue weighted by molar-refractivity contribution is 7.90. The van der Waals surface area contributed by atoms with Crippen LogP contribution in [0.3, 0.4) is 0 Å². The van der Waals surface area contributed by atoms with Crippen molar-refractivity contribution < 1.29 is 22.7 Å². The molecule has 0 bridgehead atoms. The molecule has 0 aliphatic rings. The lowest BCUT2D eigenvalue weighted by molar-refractivity contribution is -0.125. The number of hydrogen-bond acceptors (Lipinski definition) is 6. The molecule has 0 spiro atoms. The van der Waals surface area contributed by atoms with Gasteiger partial charge in [-0.1, -0.05) is 0 Å². The molecule has 122 valence electrons. The predicted octanol–water partition coefficient (Wildman–Crippen LogP) is 1.36. The van der Waals surface area contributed by atoms with Crippen molar-refractivity contribution in [3.8, 4) is 11.5 Å². The van der Waals surface area contributed by atoms with Gasteiger partial charge in [-0.05, 0) is 43.3 Å². The van der Waals surface area contributed by atoms with Gasteiger partial charge in [-0.2, -0.15) is 0 Å². The van der Waals surface area contributed by atoms with Crippen LogP contribution in [0.25, 0.3) is 0 Å². The van der Waals surface area contributed by atoms with Crippen molar-refractivity contribution in [1.82, 2.24) is 9.71 Å². The Morgan fingerprint density at radius 2 is 1.83 bits per heavy atom. The molecular weight excluding hydrogens is 320 g/mol. The summed E-state index contributed by atoms with van der Waals surface area (Å²) in [6, 6.07) is 9.41. The molecule has 8 heteroatoms. The van der Waals surface area contributed by atoms with Gasteiger partial charge >= 0.3 is 0 Å². The molecule has 0 aliphatic heterocycles. The highest BCUT2D eigenvalue weighted by Crippen LogP contribution is 2.18. The third kappa shape index (κ3) is 4.43. The minimum atomic E-state index is -3.97. The zero-order chi connectivity index (χ0) is 16.9. The number of pyridine rings is 1. The quantitative estimate of drug-likeness (QED) is 0.856. The fraction of sp³-hybridized carbons (Fsp3) is 0.200. The first-order chi connectivity index (χ1) is 10.9. The number of aromatic nitrogens is 1. The highest BCUT2D eigenvalue weighted by Gasteiger charge is 2.23. The van der Waals surface area contributed by atoms with E-state index in [1.807, 2.05) is 4.72 Å². The molecule has 2 rings (SSSR count). The number of sulfonamides is 1. The number of benzene rings is 1. The van der Waals surface area contributed by atoms with Gasteiger partial charge in [0.1, 0.15) is 16.4 Å². The van der Waals surface area contributed by atoms with Crippen LogP contribution in [-0.2, 0) is 14.8 Å². The van der Waals surface area contributed by atoms with E-state index in [-0.39, 0.29) is 4.90 Å².